The van der Waals surface area contributed by atoms with Crippen LogP contribution in [0.25, 0.3) is 0 Å². The molecule has 19 heavy (non-hydrogen) atoms. The van der Waals surface area contributed by atoms with Gasteiger partial charge in [-0.15, -0.1) is 0 Å². The molecule has 0 radical (unpaired) electrons. The minimum Gasteiger partial charge on any atom is -0.342 e. The van der Waals surface area contributed by atoms with Crippen LogP contribution in [0.2, 0.25) is 0 Å². The van der Waals surface area contributed by atoms with Gasteiger partial charge in [0, 0.05) is 26.3 Å². The molecule has 6 heteroatoms. The largest absolute Gasteiger partial charge is 0.342 e. The zero-order valence-corrected chi connectivity index (χ0v) is 11.4. The van der Waals surface area contributed by atoms with Crippen LogP contribution in [0, 0.1) is 5.92 Å². The minimum atomic E-state index is -0.306. The zero-order valence-electron chi connectivity index (χ0n) is 11.4. The number of aryl methyl sites for hydroxylation is 1. The van der Waals surface area contributed by atoms with Gasteiger partial charge in [-0.3, -0.25) is 14.3 Å². The lowest BCUT2D eigenvalue weighted by Gasteiger charge is -2.30. The Morgan fingerprint density at radius 2 is 2.32 bits per heavy atom. The maximum absolute atomic E-state index is 12.0. The summed E-state index contributed by atoms with van der Waals surface area (Å²) in [4.78, 5) is 25.5. The molecule has 1 saturated heterocycles. The van der Waals surface area contributed by atoms with Gasteiger partial charge >= 0.3 is 0 Å². The Labute approximate surface area is 112 Å². The van der Waals surface area contributed by atoms with Gasteiger partial charge in [-0.05, 0) is 24.8 Å². The highest BCUT2D eigenvalue weighted by Crippen LogP contribution is 2.15. The lowest BCUT2D eigenvalue weighted by atomic mass is 10.0. The van der Waals surface area contributed by atoms with Crippen LogP contribution in [-0.2, 0) is 11.8 Å². The van der Waals surface area contributed by atoms with Crippen LogP contribution in [0.15, 0.2) is 12.3 Å². The summed E-state index contributed by atoms with van der Waals surface area (Å²) in [6, 6.07) is 1.63. The van der Waals surface area contributed by atoms with E-state index in [4.69, 9.17) is 0 Å². The number of likely N-dealkylation sites (tertiary alicyclic amines) is 1. The van der Waals surface area contributed by atoms with Gasteiger partial charge in [-0.2, -0.15) is 5.10 Å². The first-order valence-electron chi connectivity index (χ1n) is 6.62. The van der Waals surface area contributed by atoms with E-state index in [0.717, 1.165) is 19.5 Å². The first-order chi connectivity index (χ1) is 9.06. The Kier molecular flexibility index (Phi) is 4.19. The Morgan fingerprint density at radius 3 is 2.95 bits per heavy atom. The molecule has 2 rings (SSSR count). The summed E-state index contributed by atoms with van der Waals surface area (Å²) >= 11 is 0. The molecule has 0 bridgehead atoms. The van der Waals surface area contributed by atoms with Gasteiger partial charge in [-0.25, -0.2) is 0 Å². The summed E-state index contributed by atoms with van der Waals surface area (Å²) in [6.45, 7) is 3.77. The van der Waals surface area contributed by atoms with E-state index in [0.29, 0.717) is 11.6 Å². The summed E-state index contributed by atoms with van der Waals surface area (Å²) in [5.41, 5.74) is 0.335. The predicted octanol–water partition coefficient (Wildman–Crippen LogP) is 0.408. The lowest BCUT2D eigenvalue weighted by molar-refractivity contribution is -0.131. The van der Waals surface area contributed by atoms with Crippen molar-refractivity contribution in [2.75, 3.05) is 19.6 Å². The van der Waals surface area contributed by atoms with Crippen molar-refractivity contribution >= 4 is 11.8 Å². The Bertz CT molecular complexity index is 469. The number of hydrogen-bond acceptors (Lipinski definition) is 3. The molecular weight excluding hydrogens is 244 g/mol. The number of aromatic nitrogens is 2. The van der Waals surface area contributed by atoms with E-state index in [-0.39, 0.29) is 18.4 Å². The summed E-state index contributed by atoms with van der Waals surface area (Å²) in [7, 11) is 1.75. The smallest absolute Gasteiger partial charge is 0.272 e. The average molecular weight is 264 g/mol. The maximum Gasteiger partial charge on any atom is 0.272 e. The van der Waals surface area contributed by atoms with Crippen LogP contribution < -0.4 is 5.32 Å². The molecule has 0 aromatic carbocycles. The van der Waals surface area contributed by atoms with Gasteiger partial charge in [0.2, 0.25) is 5.91 Å². The molecule has 0 unspecified atom stereocenters. The first-order valence-corrected chi connectivity index (χ1v) is 6.62. The third-order valence-electron chi connectivity index (χ3n) is 3.36. The van der Waals surface area contributed by atoms with Crippen molar-refractivity contribution < 1.29 is 9.59 Å². The van der Waals surface area contributed by atoms with Crippen molar-refractivity contribution in [1.82, 2.24) is 20.0 Å². The molecule has 104 valence electrons. The van der Waals surface area contributed by atoms with E-state index >= 15 is 0 Å². The van der Waals surface area contributed by atoms with E-state index < -0.39 is 0 Å². The molecule has 2 heterocycles. The molecule has 1 aromatic heterocycles. The fourth-order valence-corrected chi connectivity index (χ4v) is 2.31. The van der Waals surface area contributed by atoms with Crippen LogP contribution in [0.4, 0.5) is 0 Å². The Balaban J connectivity index is 1.81. The van der Waals surface area contributed by atoms with E-state index in [9.17, 15) is 9.59 Å². The number of nitrogens with zero attached hydrogens (tertiary/aromatic N) is 3. The van der Waals surface area contributed by atoms with Crippen LogP contribution in [0.3, 0.4) is 0 Å². The number of amides is 2. The molecule has 0 saturated carbocycles. The third-order valence-corrected chi connectivity index (χ3v) is 3.36. The molecule has 1 aliphatic heterocycles. The highest BCUT2D eigenvalue weighted by Gasteiger charge is 2.21. The van der Waals surface area contributed by atoms with Crippen LogP contribution in [-0.4, -0.2) is 46.1 Å². The minimum absolute atomic E-state index is 0.0177. The van der Waals surface area contributed by atoms with Gasteiger partial charge in [-0.1, -0.05) is 6.92 Å². The van der Waals surface area contributed by atoms with Gasteiger partial charge in [0.15, 0.2) is 0 Å². The first kappa shape index (κ1) is 13.6. The molecule has 6 nitrogen and oxygen atoms in total. The second-order valence-corrected chi connectivity index (χ2v) is 5.14. The summed E-state index contributed by atoms with van der Waals surface area (Å²) in [6.07, 6.45) is 3.91. The van der Waals surface area contributed by atoms with E-state index in [2.05, 4.69) is 17.3 Å². The molecular formula is C13H20N4O2. The molecule has 1 aromatic rings. The monoisotopic (exact) mass is 264 g/mol. The standard InChI is InChI=1S/C13H20N4O2/c1-10-4-3-6-17(9-10)12(18)8-14-13(19)11-5-7-16(2)15-11/h5,7,10H,3-4,6,8-9H2,1-2H3,(H,14,19)/t10-/m0/s1. The van der Waals surface area contributed by atoms with Crippen molar-refractivity contribution in [3.05, 3.63) is 18.0 Å². The number of nitrogens with one attached hydrogen (secondary N) is 1. The van der Waals surface area contributed by atoms with Crippen LogP contribution in [0.1, 0.15) is 30.3 Å². The fraction of sp³-hybridized carbons (Fsp3) is 0.615. The topological polar surface area (TPSA) is 67.2 Å². The predicted molar refractivity (Wildman–Crippen MR) is 70.5 cm³/mol. The SMILES string of the molecule is C[C@H]1CCCN(C(=O)CNC(=O)c2ccn(C)n2)C1. The normalized spacial score (nSPS) is 19.3. The van der Waals surface area contributed by atoms with Crippen molar-refractivity contribution in [2.45, 2.75) is 19.8 Å². The molecule has 1 N–H and O–H groups in total. The summed E-state index contributed by atoms with van der Waals surface area (Å²) < 4.78 is 1.56. The van der Waals surface area contributed by atoms with E-state index in [1.54, 1.807) is 24.0 Å². The van der Waals surface area contributed by atoms with Gasteiger partial charge in [0.05, 0.1) is 6.54 Å². The maximum atomic E-state index is 12.0. The van der Waals surface area contributed by atoms with Crippen molar-refractivity contribution in [2.24, 2.45) is 13.0 Å². The van der Waals surface area contributed by atoms with E-state index in [1.165, 1.54) is 6.42 Å². The zero-order chi connectivity index (χ0) is 13.8. The van der Waals surface area contributed by atoms with Gasteiger partial charge < -0.3 is 10.2 Å². The number of carbonyl (C=O) groups is 2. The van der Waals surface area contributed by atoms with Crippen LogP contribution >= 0.6 is 0 Å². The highest BCUT2D eigenvalue weighted by molar-refractivity contribution is 5.94. The molecule has 1 aliphatic rings. The molecule has 0 aliphatic carbocycles. The molecule has 1 atom stereocenters. The number of carbonyl (C=O) groups excluding carboxylic acids is 2. The van der Waals surface area contributed by atoms with Gasteiger partial charge in [0.25, 0.3) is 5.91 Å². The van der Waals surface area contributed by atoms with Crippen molar-refractivity contribution in [1.29, 1.82) is 0 Å². The Hall–Kier alpha value is -1.85. The second-order valence-electron chi connectivity index (χ2n) is 5.14. The number of piperidine rings is 1. The second kappa shape index (κ2) is 5.86. The van der Waals surface area contributed by atoms with Crippen LogP contribution in [0.5, 0.6) is 0 Å². The lowest BCUT2D eigenvalue weighted by Crippen LogP contribution is -2.44. The number of hydrogen-bond donors (Lipinski definition) is 1. The summed E-state index contributed by atoms with van der Waals surface area (Å²) in [5, 5.41) is 6.61. The average Bonchev–Trinajstić information content (AvgIpc) is 2.82. The Morgan fingerprint density at radius 1 is 1.53 bits per heavy atom. The number of rotatable bonds is 3. The third kappa shape index (κ3) is 3.56. The van der Waals surface area contributed by atoms with Crippen molar-refractivity contribution in [3.8, 4) is 0 Å². The molecule has 0 spiro atoms. The fourth-order valence-electron chi connectivity index (χ4n) is 2.31. The quantitative estimate of drug-likeness (QED) is 0.859. The van der Waals surface area contributed by atoms with E-state index in [1.807, 2.05) is 4.90 Å². The molecule has 1 fully saturated rings. The highest BCUT2D eigenvalue weighted by atomic mass is 16.2. The molecule has 2 amide bonds. The summed E-state index contributed by atoms with van der Waals surface area (Å²) in [5.74, 6) is 0.221. The van der Waals surface area contributed by atoms with Gasteiger partial charge in [0.1, 0.15) is 5.69 Å². The van der Waals surface area contributed by atoms with Crippen molar-refractivity contribution in [3.63, 3.8) is 0 Å².